The fourth-order valence-corrected chi connectivity index (χ4v) is 4.00. The molecule has 1 fully saturated rings. The van der Waals surface area contributed by atoms with Crippen molar-refractivity contribution in [3.63, 3.8) is 0 Å². The van der Waals surface area contributed by atoms with Gasteiger partial charge in [-0.05, 0) is 62.4 Å². The third kappa shape index (κ3) is 6.47. The number of nitrogens with zero attached hydrogens (tertiary/aromatic N) is 1. The van der Waals surface area contributed by atoms with Crippen molar-refractivity contribution in [2.75, 3.05) is 43.1 Å². The smallest absolute Gasteiger partial charge is 0.257 e. The molecule has 7 heteroatoms. The van der Waals surface area contributed by atoms with Crippen molar-refractivity contribution in [3.8, 4) is 0 Å². The van der Waals surface area contributed by atoms with Gasteiger partial charge in [-0.15, -0.1) is 0 Å². The van der Waals surface area contributed by atoms with Gasteiger partial charge in [0, 0.05) is 44.2 Å². The summed E-state index contributed by atoms with van der Waals surface area (Å²) in [4.78, 5) is 28.0. The van der Waals surface area contributed by atoms with E-state index in [0.29, 0.717) is 47.5 Å². The Kier molecular flexibility index (Phi) is 8.94. The van der Waals surface area contributed by atoms with Crippen LogP contribution in [0.25, 0.3) is 0 Å². The average Bonchev–Trinajstić information content (AvgIpc) is 2.79. The lowest BCUT2D eigenvalue weighted by molar-refractivity contribution is 0.0943. The summed E-state index contributed by atoms with van der Waals surface area (Å²) in [5, 5.41) is 6.25. The van der Waals surface area contributed by atoms with Gasteiger partial charge in [0.1, 0.15) is 0 Å². The summed E-state index contributed by atoms with van der Waals surface area (Å²) in [6.07, 6.45) is 2.94. The van der Waals surface area contributed by atoms with E-state index in [1.165, 1.54) is 0 Å². The summed E-state index contributed by atoms with van der Waals surface area (Å²) in [6, 6.07) is 12.4. The van der Waals surface area contributed by atoms with Crippen LogP contribution in [0.5, 0.6) is 0 Å². The number of amides is 2. The third-order valence-corrected chi connectivity index (χ3v) is 6.03. The fourth-order valence-electron chi connectivity index (χ4n) is 3.78. The van der Waals surface area contributed by atoms with Gasteiger partial charge in [0.25, 0.3) is 11.8 Å². The first-order valence-electron chi connectivity index (χ1n) is 11.3. The molecular formula is C25H32ClN3O3. The number of ether oxygens (including phenoxy) is 1. The second-order valence-corrected chi connectivity index (χ2v) is 8.55. The number of carbonyl (C=O) groups excluding carboxylic acids is 2. The van der Waals surface area contributed by atoms with E-state index < -0.39 is 0 Å². The first kappa shape index (κ1) is 24.1. The van der Waals surface area contributed by atoms with Crippen molar-refractivity contribution in [1.29, 1.82) is 0 Å². The molecule has 32 heavy (non-hydrogen) atoms. The van der Waals surface area contributed by atoms with Crippen LogP contribution in [0, 0.1) is 5.92 Å². The Hall–Kier alpha value is -2.57. The normalized spacial score (nSPS) is 14.3. The maximum Gasteiger partial charge on any atom is 0.257 e. The van der Waals surface area contributed by atoms with Crippen molar-refractivity contribution in [3.05, 3.63) is 58.6 Å². The highest BCUT2D eigenvalue weighted by Gasteiger charge is 2.22. The Balaban J connectivity index is 1.79. The molecule has 2 N–H and O–H groups in total. The van der Waals surface area contributed by atoms with Crippen LogP contribution in [0.4, 0.5) is 11.4 Å². The zero-order valence-corrected chi connectivity index (χ0v) is 19.6. The maximum absolute atomic E-state index is 13.1. The van der Waals surface area contributed by atoms with Crippen molar-refractivity contribution in [2.45, 2.75) is 33.1 Å². The topological polar surface area (TPSA) is 70.7 Å². The Labute approximate surface area is 195 Å². The number of benzene rings is 2. The second-order valence-electron chi connectivity index (χ2n) is 8.14. The number of rotatable bonds is 9. The van der Waals surface area contributed by atoms with Gasteiger partial charge < -0.3 is 20.3 Å². The summed E-state index contributed by atoms with van der Waals surface area (Å²) in [5.74, 6) is 0.235. The average molecular weight is 458 g/mol. The summed E-state index contributed by atoms with van der Waals surface area (Å²) in [6.45, 7) is 7.85. The van der Waals surface area contributed by atoms with Crippen molar-refractivity contribution in [2.24, 2.45) is 5.92 Å². The van der Waals surface area contributed by atoms with Crippen molar-refractivity contribution in [1.82, 2.24) is 5.32 Å². The predicted octanol–water partition coefficient (Wildman–Crippen LogP) is 4.99. The van der Waals surface area contributed by atoms with Crippen LogP contribution in [0.1, 0.15) is 53.8 Å². The lowest BCUT2D eigenvalue weighted by Gasteiger charge is -2.33. The highest BCUT2D eigenvalue weighted by Crippen LogP contribution is 2.29. The lowest BCUT2D eigenvalue weighted by atomic mass is 9.97. The molecule has 0 unspecified atom stereocenters. The monoisotopic (exact) mass is 457 g/mol. The van der Waals surface area contributed by atoms with Crippen molar-refractivity contribution < 1.29 is 14.3 Å². The van der Waals surface area contributed by atoms with Crippen LogP contribution >= 0.6 is 11.6 Å². The van der Waals surface area contributed by atoms with E-state index in [0.717, 1.165) is 38.0 Å². The molecule has 2 amide bonds. The van der Waals surface area contributed by atoms with Crippen LogP contribution in [0.3, 0.4) is 0 Å². The fraction of sp³-hybridized carbons (Fsp3) is 0.440. The molecule has 1 aliphatic heterocycles. The molecule has 0 atom stereocenters. The second kappa shape index (κ2) is 11.9. The molecule has 0 aromatic heterocycles. The van der Waals surface area contributed by atoms with Crippen LogP contribution in [-0.2, 0) is 4.74 Å². The van der Waals surface area contributed by atoms with Crippen LogP contribution in [0.15, 0.2) is 42.5 Å². The minimum absolute atomic E-state index is 0.149. The number of anilines is 2. The molecule has 0 saturated carbocycles. The van der Waals surface area contributed by atoms with E-state index in [1.807, 2.05) is 19.1 Å². The SMILES string of the molecule is CCOCCCNC(=O)c1cc(NC(=O)c2ccccc2Cl)ccc1N1CCC(C)CC1. The van der Waals surface area contributed by atoms with E-state index >= 15 is 0 Å². The third-order valence-electron chi connectivity index (χ3n) is 5.70. The molecule has 0 spiro atoms. The molecule has 1 heterocycles. The molecule has 2 aromatic rings. The molecule has 0 aliphatic carbocycles. The van der Waals surface area contributed by atoms with E-state index in [9.17, 15) is 9.59 Å². The van der Waals surface area contributed by atoms with E-state index in [1.54, 1.807) is 30.3 Å². The number of halogens is 1. The first-order valence-corrected chi connectivity index (χ1v) is 11.7. The van der Waals surface area contributed by atoms with Gasteiger partial charge in [0.05, 0.1) is 16.1 Å². The molecule has 0 bridgehead atoms. The molecule has 3 rings (SSSR count). The van der Waals surface area contributed by atoms with Gasteiger partial charge in [-0.25, -0.2) is 0 Å². The molecular weight excluding hydrogens is 426 g/mol. The summed E-state index contributed by atoms with van der Waals surface area (Å²) < 4.78 is 5.35. The Morgan fingerprint density at radius 1 is 1.09 bits per heavy atom. The number of piperidine rings is 1. The van der Waals surface area contributed by atoms with Crippen molar-refractivity contribution >= 4 is 34.8 Å². The predicted molar refractivity (Wildman–Crippen MR) is 130 cm³/mol. The molecule has 2 aromatic carbocycles. The number of hydrogen-bond acceptors (Lipinski definition) is 4. The molecule has 1 saturated heterocycles. The number of hydrogen-bond donors (Lipinski definition) is 2. The summed E-state index contributed by atoms with van der Waals surface area (Å²) >= 11 is 6.16. The molecule has 1 aliphatic rings. The molecule has 6 nitrogen and oxygen atoms in total. The van der Waals surface area contributed by atoms with Gasteiger partial charge in [-0.1, -0.05) is 30.7 Å². The Morgan fingerprint density at radius 3 is 2.56 bits per heavy atom. The van der Waals surface area contributed by atoms with Gasteiger partial charge >= 0.3 is 0 Å². The van der Waals surface area contributed by atoms with E-state index in [2.05, 4.69) is 22.5 Å². The maximum atomic E-state index is 13.1. The van der Waals surface area contributed by atoms with E-state index in [-0.39, 0.29) is 11.8 Å². The zero-order chi connectivity index (χ0) is 22.9. The Morgan fingerprint density at radius 2 is 1.84 bits per heavy atom. The Bertz CT molecular complexity index is 926. The quantitative estimate of drug-likeness (QED) is 0.520. The number of nitrogens with one attached hydrogen (secondary N) is 2. The lowest BCUT2D eigenvalue weighted by Crippen LogP contribution is -2.35. The van der Waals surface area contributed by atoms with Gasteiger partial charge in [-0.3, -0.25) is 9.59 Å². The van der Waals surface area contributed by atoms with E-state index in [4.69, 9.17) is 16.3 Å². The minimum atomic E-state index is -0.307. The van der Waals surface area contributed by atoms with Crippen LogP contribution in [-0.4, -0.2) is 44.7 Å². The summed E-state index contributed by atoms with van der Waals surface area (Å²) in [5.41, 5.74) is 2.41. The van der Waals surface area contributed by atoms with Gasteiger partial charge in [0.2, 0.25) is 0 Å². The summed E-state index contributed by atoms with van der Waals surface area (Å²) in [7, 11) is 0. The van der Waals surface area contributed by atoms with Crippen LogP contribution < -0.4 is 15.5 Å². The minimum Gasteiger partial charge on any atom is -0.382 e. The first-order chi connectivity index (χ1) is 15.5. The highest BCUT2D eigenvalue weighted by atomic mass is 35.5. The highest BCUT2D eigenvalue weighted by molar-refractivity contribution is 6.34. The largest absolute Gasteiger partial charge is 0.382 e. The number of carbonyl (C=O) groups is 2. The van der Waals surface area contributed by atoms with Gasteiger partial charge in [0.15, 0.2) is 0 Å². The van der Waals surface area contributed by atoms with Gasteiger partial charge in [-0.2, -0.15) is 0 Å². The van der Waals surface area contributed by atoms with Crippen LogP contribution in [0.2, 0.25) is 5.02 Å². The molecule has 172 valence electrons. The zero-order valence-electron chi connectivity index (χ0n) is 18.8. The standard InChI is InChI=1S/C25H32ClN3O3/c1-3-32-16-6-13-27-24(30)21-17-19(28-25(31)20-7-4-5-8-22(20)26)9-10-23(21)29-14-11-18(2)12-15-29/h4-5,7-10,17-18H,3,6,11-16H2,1-2H3,(H,27,30)(H,28,31). The molecule has 0 radical (unpaired) electrons.